The zero-order valence-electron chi connectivity index (χ0n) is 10.8. The highest BCUT2D eigenvalue weighted by atomic mass is 16.5. The van der Waals surface area contributed by atoms with Gasteiger partial charge in [-0.15, -0.1) is 0 Å². The van der Waals surface area contributed by atoms with Crippen LogP contribution in [0.3, 0.4) is 0 Å². The first-order chi connectivity index (χ1) is 9.29. The molecule has 1 aromatic carbocycles. The third-order valence-electron chi connectivity index (χ3n) is 4.73. The summed E-state index contributed by atoms with van der Waals surface area (Å²) in [6.07, 6.45) is 8.87. The molecule has 0 saturated heterocycles. The summed E-state index contributed by atoms with van der Waals surface area (Å²) in [7, 11) is 1.75. The van der Waals surface area contributed by atoms with E-state index in [2.05, 4.69) is 31.2 Å². The van der Waals surface area contributed by atoms with Gasteiger partial charge in [0.1, 0.15) is 30.2 Å². The molecule has 1 aromatic rings. The lowest BCUT2D eigenvalue weighted by atomic mass is 9.82. The number of benzene rings is 1. The van der Waals surface area contributed by atoms with Gasteiger partial charge < -0.3 is 14.2 Å². The summed E-state index contributed by atoms with van der Waals surface area (Å²) in [6, 6.07) is 0. The monoisotopic (exact) mass is 254 g/mol. The highest BCUT2D eigenvalue weighted by Gasteiger charge is 2.46. The molecule has 19 heavy (non-hydrogen) atoms. The SMILES string of the molecule is COc1c2c(c(C)c3c1[C@H]1C=C[C@@H]3O1)[C@@H]1C=C[C@@H]2O1. The topological polar surface area (TPSA) is 27.7 Å². The van der Waals surface area contributed by atoms with Crippen LogP contribution in [-0.2, 0) is 9.47 Å². The Morgan fingerprint density at radius 2 is 1.21 bits per heavy atom. The molecule has 0 unspecified atom stereocenters. The summed E-state index contributed by atoms with van der Waals surface area (Å²) in [6.45, 7) is 2.19. The van der Waals surface area contributed by atoms with Crippen molar-refractivity contribution in [1.29, 1.82) is 0 Å². The summed E-state index contributed by atoms with van der Waals surface area (Å²) < 4.78 is 17.7. The van der Waals surface area contributed by atoms with Gasteiger partial charge in [-0.05, 0) is 23.6 Å². The van der Waals surface area contributed by atoms with Crippen molar-refractivity contribution in [2.24, 2.45) is 0 Å². The van der Waals surface area contributed by atoms with Crippen molar-refractivity contribution in [3.05, 3.63) is 52.1 Å². The quantitative estimate of drug-likeness (QED) is 0.719. The second-order valence-electron chi connectivity index (χ2n) is 5.54. The molecule has 0 spiro atoms. The Labute approximate surface area is 111 Å². The molecule has 4 aliphatic heterocycles. The minimum Gasteiger partial charge on any atom is -0.496 e. The summed E-state index contributed by atoms with van der Waals surface area (Å²) in [5.74, 6) is 0.976. The Bertz CT molecular complexity index is 618. The predicted octanol–water partition coefficient (Wildman–Crippen LogP) is 3.37. The van der Waals surface area contributed by atoms with Gasteiger partial charge in [0, 0.05) is 11.1 Å². The number of hydrogen-bond acceptors (Lipinski definition) is 3. The van der Waals surface area contributed by atoms with Crippen LogP contribution in [0.5, 0.6) is 5.75 Å². The van der Waals surface area contributed by atoms with Gasteiger partial charge in [0.2, 0.25) is 0 Å². The molecule has 0 N–H and O–H groups in total. The highest BCUT2D eigenvalue weighted by molar-refractivity contribution is 5.66. The molecule has 0 radical (unpaired) electrons. The molecular formula is C16H14O3. The third kappa shape index (κ3) is 1.00. The van der Waals surface area contributed by atoms with Gasteiger partial charge in [0.15, 0.2) is 0 Å². The average molecular weight is 254 g/mol. The Balaban J connectivity index is 1.89. The first kappa shape index (κ1) is 10.2. The molecule has 4 aliphatic rings. The first-order valence-electron chi connectivity index (χ1n) is 6.71. The van der Waals surface area contributed by atoms with E-state index < -0.39 is 0 Å². The molecule has 96 valence electrons. The van der Waals surface area contributed by atoms with Crippen LogP contribution in [0.2, 0.25) is 0 Å². The maximum Gasteiger partial charge on any atom is 0.131 e. The van der Waals surface area contributed by atoms with Crippen molar-refractivity contribution in [1.82, 2.24) is 0 Å². The molecule has 0 aliphatic carbocycles. The molecule has 4 atom stereocenters. The van der Waals surface area contributed by atoms with E-state index >= 15 is 0 Å². The summed E-state index contributed by atoms with van der Waals surface area (Å²) >= 11 is 0. The molecular weight excluding hydrogens is 240 g/mol. The van der Waals surface area contributed by atoms with Gasteiger partial charge in [-0.25, -0.2) is 0 Å². The molecule has 0 fully saturated rings. The molecule has 3 nitrogen and oxygen atoms in total. The van der Waals surface area contributed by atoms with E-state index in [0.29, 0.717) is 0 Å². The van der Waals surface area contributed by atoms with Gasteiger partial charge in [-0.3, -0.25) is 0 Å². The standard InChI is InChI=1S/C16H14O3/c1-7-12-8-3-5-10(18-8)14(12)16(17-2)15-11-6-4-9(19-11)13(7)15/h3-6,8-11H,1-2H3/t8-,9-,10-,11+/m0/s1. The van der Waals surface area contributed by atoms with Crippen LogP contribution >= 0.6 is 0 Å². The fraction of sp³-hybridized carbons (Fsp3) is 0.375. The van der Waals surface area contributed by atoms with Crippen molar-refractivity contribution >= 4 is 0 Å². The normalized spacial score (nSPS) is 35.1. The molecule has 4 heterocycles. The zero-order valence-corrected chi connectivity index (χ0v) is 10.8. The number of hydrogen-bond donors (Lipinski definition) is 0. The van der Waals surface area contributed by atoms with Gasteiger partial charge in [-0.1, -0.05) is 24.3 Å². The zero-order chi connectivity index (χ0) is 12.7. The van der Waals surface area contributed by atoms with Gasteiger partial charge in [0.05, 0.1) is 7.11 Å². The molecule has 0 saturated carbocycles. The van der Waals surface area contributed by atoms with Crippen LogP contribution in [0, 0.1) is 6.92 Å². The molecule has 3 heteroatoms. The van der Waals surface area contributed by atoms with Gasteiger partial charge >= 0.3 is 0 Å². The van der Waals surface area contributed by atoms with Gasteiger partial charge in [0.25, 0.3) is 0 Å². The van der Waals surface area contributed by atoms with E-state index in [0.717, 1.165) is 5.75 Å². The molecule has 0 amide bonds. The van der Waals surface area contributed by atoms with E-state index in [1.165, 1.54) is 27.8 Å². The van der Waals surface area contributed by atoms with E-state index in [-0.39, 0.29) is 24.4 Å². The number of rotatable bonds is 1. The van der Waals surface area contributed by atoms with Crippen molar-refractivity contribution in [2.75, 3.05) is 7.11 Å². The predicted molar refractivity (Wildman–Crippen MR) is 69.1 cm³/mol. The fourth-order valence-electron chi connectivity index (χ4n) is 4.02. The second kappa shape index (κ2) is 3.11. The number of fused-ring (bicyclic) bond motifs is 10. The number of ether oxygens (including phenoxy) is 3. The van der Waals surface area contributed by atoms with Crippen molar-refractivity contribution in [3.63, 3.8) is 0 Å². The smallest absolute Gasteiger partial charge is 0.131 e. The third-order valence-corrected chi connectivity index (χ3v) is 4.73. The highest BCUT2D eigenvalue weighted by Crippen LogP contribution is 2.59. The van der Waals surface area contributed by atoms with Crippen molar-refractivity contribution in [2.45, 2.75) is 31.3 Å². The maximum absolute atomic E-state index is 5.98. The lowest BCUT2D eigenvalue weighted by Gasteiger charge is -2.22. The van der Waals surface area contributed by atoms with Crippen LogP contribution < -0.4 is 4.74 Å². The van der Waals surface area contributed by atoms with Crippen LogP contribution in [0.25, 0.3) is 0 Å². The Morgan fingerprint density at radius 3 is 1.63 bits per heavy atom. The Hall–Kier alpha value is -1.58. The van der Waals surface area contributed by atoms with Crippen molar-refractivity contribution in [3.8, 4) is 5.75 Å². The van der Waals surface area contributed by atoms with Gasteiger partial charge in [-0.2, -0.15) is 0 Å². The minimum atomic E-state index is 0.0575. The maximum atomic E-state index is 5.98. The second-order valence-corrected chi connectivity index (χ2v) is 5.54. The molecule has 0 aromatic heterocycles. The summed E-state index contributed by atoms with van der Waals surface area (Å²) in [5, 5.41) is 0. The first-order valence-corrected chi connectivity index (χ1v) is 6.71. The van der Waals surface area contributed by atoms with Crippen LogP contribution in [0.4, 0.5) is 0 Å². The lowest BCUT2D eigenvalue weighted by Crippen LogP contribution is -2.08. The lowest BCUT2D eigenvalue weighted by molar-refractivity contribution is 0.0819. The Morgan fingerprint density at radius 1 is 0.789 bits per heavy atom. The largest absolute Gasteiger partial charge is 0.496 e. The number of methoxy groups -OCH3 is 1. The van der Waals surface area contributed by atoms with E-state index in [4.69, 9.17) is 14.2 Å². The van der Waals surface area contributed by atoms with E-state index in [1.807, 2.05) is 0 Å². The Kier molecular flexibility index (Phi) is 1.68. The summed E-state index contributed by atoms with van der Waals surface area (Å²) in [4.78, 5) is 0. The van der Waals surface area contributed by atoms with Crippen molar-refractivity contribution < 1.29 is 14.2 Å². The van der Waals surface area contributed by atoms with E-state index in [1.54, 1.807) is 7.11 Å². The molecule has 4 bridgehead atoms. The molecule has 5 rings (SSSR count). The van der Waals surface area contributed by atoms with Crippen LogP contribution in [0.1, 0.15) is 52.2 Å². The fourth-order valence-corrected chi connectivity index (χ4v) is 4.02. The van der Waals surface area contributed by atoms with Crippen LogP contribution in [-0.4, -0.2) is 7.11 Å². The average Bonchev–Trinajstić information content (AvgIpc) is 3.18. The minimum absolute atomic E-state index is 0.0575. The van der Waals surface area contributed by atoms with Crippen LogP contribution in [0.15, 0.2) is 24.3 Å². The van der Waals surface area contributed by atoms with E-state index in [9.17, 15) is 0 Å². The summed E-state index contributed by atoms with van der Waals surface area (Å²) in [5.41, 5.74) is 6.35.